The maximum absolute atomic E-state index is 4.19. The van der Waals surface area contributed by atoms with Crippen LogP contribution >= 0.6 is 0 Å². The van der Waals surface area contributed by atoms with Crippen LogP contribution in [0.4, 0.5) is 11.4 Å². The molecule has 1 N–H and O–H groups in total. The van der Waals surface area contributed by atoms with Gasteiger partial charge in [-0.1, -0.05) is 6.92 Å². The van der Waals surface area contributed by atoms with E-state index in [1.165, 1.54) is 18.5 Å². The van der Waals surface area contributed by atoms with E-state index in [2.05, 4.69) is 43.1 Å². The Morgan fingerprint density at radius 2 is 2.12 bits per heavy atom. The van der Waals surface area contributed by atoms with Crippen LogP contribution in [0.2, 0.25) is 0 Å². The SMILES string of the molecule is CC(Nc1cnccc1N(C)C)C1(C)CC1. The van der Waals surface area contributed by atoms with Gasteiger partial charge < -0.3 is 10.2 Å². The van der Waals surface area contributed by atoms with E-state index in [9.17, 15) is 0 Å². The van der Waals surface area contributed by atoms with Crippen LogP contribution in [0.15, 0.2) is 18.5 Å². The molecule has 1 unspecified atom stereocenters. The van der Waals surface area contributed by atoms with Crippen molar-refractivity contribution in [3.05, 3.63) is 18.5 Å². The normalized spacial score (nSPS) is 19.0. The smallest absolute Gasteiger partial charge is 0.0766 e. The topological polar surface area (TPSA) is 28.2 Å². The van der Waals surface area contributed by atoms with Crippen molar-refractivity contribution in [3.8, 4) is 0 Å². The van der Waals surface area contributed by atoms with E-state index in [1.54, 1.807) is 0 Å². The number of nitrogens with zero attached hydrogens (tertiary/aromatic N) is 2. The molecule has 1 aromatic rings. The molecular weight excluding hydrogens is 198 g/mol. The highest BCUT2D eigenvalue weighted by molar-refractivity contribution is 5.68. The Labute approximate surface area is 97.9 Å². The third kappa shape index (κ3) is 2.13. The second-order valence-electron chi connectivity index (χ2n) is 5.31. The van der Waals surface area contributed by atoms with Gasteiger partial charge in [-0.05, 0) is 31.2 Å². The van der Waals surface area contributed by atoms with E-state index in [4.69, 9.17) is 0 Å². The first-order valence-electron chi connectivity index (χ1n) is 5.91. The van der Waals surface area contributed by atoms with Crippen molar-refractivity contribution < 1.29 is 0 Å². The minimum absolute atomic E-state index is 0.486. The highest BCUT2D eigenvalue weighted by Crippen LogP contribution is 2.49. The molecule has 0 bridgehead atoms. The Morgan fingerprint density at radius 3 is 2.69 bits per heavy atom. The third-order valence-electron chi connectivity index (χ3n) is 3.74. The van der Waals surface area contributed by atoms with Crippen molar-refractivity contribution in [2.24, 2.45) is 5.41 Å². The van der Waals surface area contributed by atoms with Gasteiger partial charge in [0.05, 0.1) is 17.6 Å². The van der Waals surface area contributed by atoms with Gasteiger partial charge in [-0.2, -0.15) is 0 Å². The summed E-state index contributed by atoms with van der Waals surface area (Å²) in [6.45, 7) is 4.61. The first-order chi connectivity index (χ1) is 7.53. The van der Waals surface area contributed by atoms with E-state index in [0.717, 1.165) is 5.69 Å². The summed E-state index contributed by atoms with van der Waals surface area (Å²) in [4.78, 5) is 6.31. The lowest BCUT2D eigenvalue weighted by molar-refractivity contribution is 0.493. The van der Waals surface area contributed by atoms with Crippen LogP contribution in [-0.2, 0) is 0 Å². The Hall–Kier alpha value is -1.25. The number of nitrogens with one attached hydrogen (secondary N) is 1. The highest BCUT2D eigenvalue weighted by Gasteiger charge is 2.42. The number of pyridine rings is 1. The predicted octanol–water partition coefficient (Wildman–Crippen LogP) is 2.75. The average molecular weight is 219 g/mol. The van der Waals surface area contributed by atoms with Crippen molar-refractivity contribution in [2.45, 2.75) is 32.7 Å². The molecule has 1 atom stereocenters. The second kappa shape index (κ2) is 3.96. The van der Waals surface area contributed by atoms with Gasteiger partial charge in [-0.15, -0.1) is 0 Å². The summed E-state index contributed by atoms with van der Waals surface area (Å²) in [5, 5.41) is 3.59. The van der Waals surface area contributed by atoms with Crippen LogP contribution in [0.1, 0.15) is 26.7 Å². The molecule has 1 fully saturated rings. The Kier molecular flexibility index (Phi) is 2.78. The fourth-order valence-corrected chi connectivity index (χ4v) is 1.93. The molecule has 0 spiro atoms. The van der Waals surface area contributed by atoms with E-state index in [0.29, 0.717) is 11.5 Å². The standard InChI is InChI=1S/C13H21N3/c1-10(13(2)6-7-13)15-11-9-14-8-5-12(11)16(3)4/h5,8-10,15H,6-7H2,1-4H3. The number of hydrogen-bond acceptors (Lipinski definition) is 3. The number of hydrogen-bond donors (Lipinski definition) is 1. The molecule has 1 aromatic heterocycles. The maximum atomic E-state index is 4.19. The molecule has 0 amide bonds. The lowest BCUT2D eigenvalue weighted by Gasteiger charge is -2.25. The first kappa shape index (κ1) is 11.2. The van der Waals surface area contributed by atoms with Crippen molar-refractivity contribution in [1.29, 1.82) is 0 Å². The van der Waals surface area contributed by atoms with Crippen LogP contribution in [0.3, 0.4) is 0 Å². The molecule has 1 saturated carbocycles. The summed E-state index contributed by atoms with van der Waals surface area (Å²) in [5.41, 5.74) is 2.82. The lowest BCUT2D eigenvalue weighted by atomic mass is 10.0. The van der Waals surface area contributed by atoms with Gasteiger partial charge in [0.25, 0.3) is 0 Å². The minimum atomic E-state index is 0.486. The maximum Gasteiger partial charge on any atom is 0.0766 e. The summed E-state index contributed by atoms with van der Waals surface area (Å²) in [6, 6.07) is 2.56. The summed E-state index contributed by atoms with van der Waals surface area (Å²) in [7, 11) is 4.12. The zero-order valence-electron chi connectivity index (χ0n) is 10.6. The van der Waals surface area contributed by atoms with E-state index >= 15 is 0 Å². The molecule has 0 aliphatic heterocycles. The Bertz CT molecular complexity index is 369. The summed E-state index contributed by atoms with van der Waals surface area (Å²) in [6.07, 6.45) is 6.42. The predicted molar refractivity (Wildman–Crippen MR) is 69.0 cm³/mol. The van der Waals surface area contributed by atoms with Crippen LogP contribution in [-0.4, -0.2) is 25.1 Å². The van der Waals surface area contributed by atoms with Gasteiger partial charge in [-0.3, -0.25) is 4.98 Å². The average Bonchev–Trinajstić information content (AvgIpc) is 2.98. The molecule has 0 aromatic carbocycles. The van der Waals surface area contributed by atoms with E-state index in [1.807, 2.05) is 18.5 Å². The number of aromatic nitrogens is 1. The number of anilines is 2. The van der Waals surface area contributed by atoms with Crippen LogP contribution in [0.25, 0.3) is 0 Å². The molecule has 16 heavy (non-hydrogen) atoms. The van der Waals surface area contributed by atoms with Gasteiger partial charge in [0.1, 0.15) is 0 Å². The quantitative estimate of drug-likeness (QED) is 0.844. The lowest BCUT2D eigenvalue weighted by Crippen LogP contribution is -2.26. The number of rotatable bonds is 4. The molecule has 3 nitrogen and oxygen atoms in total. The molecule has 1 aliphatic rings. The summed E-state index contributed by atoms with van der Waals surface area (Å²) < 4.78 is 0. The molecule has 0 saturated heterocycles. The van der Waals surface area contributed by atoms with E-state index in [-0.39, 0.29) is 0 Å². The van der Waals surface area contributed by atoms with Crippen molar-refractivity contribution >= 4 is 11.4 Å². The summed E-state index contributed by atoms with van der Waals surface area (Å²) in [5.74, 6) is 0. The Morgan fingerprint density at radius 1 is 1.44 bits per heavy atom. The molecule has 3 heteroatoms. The second-order valence-corrected chi connectivity index (χ2v) is 5.31. The van der Waals surface area contributed by atoms with Crippen molar-refractivity contribution in [1.82, 2.24) is 4.98 Å². The van der Waals surface area contributed by atoms with Crippen molar-refractivity contribution in [2.75, 3.05) is 24.3 Å². The van der Waals surface area contributed by atoms with Gasteiger partial charge in [0, 0.05) is 26.3 Å². The first-order valence-corrected chi connectivity index (χ1v) is 5.91. The largest absolute Gasteiger partial charge is 0.379 e. The van der Waals surface area contributed by atoms with Crippen molar-refractivity contribution in [3.63, 3.8) is 0 Å². The Balaban J connectivity index is 2.14. The minimum Gasteiger partial charge on any atom is -0.379 e. The molecule has 1 heterocycles. The fourth-order valence-electron chi connectivity index (χ4n) is 1.93. The molecular formula is C13H21N3. The van der Waals surface area contributed by atoms with Gasteiger partial charge in [-0.25, -0.2) is 0 Å². The van der Waals surface area contributed by atoms with Gasteiger partial charge >= 0.3 is 0 Å². The van der Waals surface area contributed by atoms with Gasteiger partial charge in [0.15, 0.2) is 0 Å². The molecule has 88 valence electrons. The van der Waals surface area contributed by atoms with Crippen LogP contribution < -0.4 is 10.2 Å². The molecule has 1 aliphatic carbocycles. The molecule has 2 rings (SSSR count). The molecule has 0 radical (unpaired) electrons. The summed E-state index contributed by atoms with van der Waals surface area (Å²) >= 11 is 0. The van der Waals surface area contributed by atoms with Gasteiger partial charge in [0.2, 0.25) is 0 Å². The van der Waals surface area contributed by atoms with Crippen LogP contribution in [0, 0.1) is 5.41 Å². The van der Waals surface area contributed by atoms with Crippen LogP contribution in [0.5, 0.6) is 0 Å². The highest BCUT2D eigenvalue weighted by atomic mass is 15.1. The fraction of sp³-hybridized carbons (Fsp3) is 0.615. The monoisotopic (exact) mass is 219 g/mol. The third-order valence-corrected chi connectivity index (χ3v) is 3.74. The zero-order valence-corrected chi connectivity index (χ0v) is 10.6. The van der Waals surface area contributed by atoms with E-state index < -0.39 is 0 Å². The zero-order chi connectivity index (χ0) is 11.8.